The normalized spacial score (nSPS) is 16.7. The summed E-state index contributed by atoms with van der Waals surface area (Å²) in [5, 5.41) is 3.07. The number of halogens is 1. The zero-order valence-corrected chi connectivity index (χ0v) is 12.7. The molecule has 0 saturated heterocycles. The number of benzene rings is 1. The molecule has 1 aliphatic rings. The van der Waals surface area contributed by atoms with Crippen LogP contribution in [-0.4, -0.2) is 19.0 Å². The third-order valence-electron chi connectivity index (χ3n) is 3.96. The van der Waals surface area contributed by atoms with Crippen molar-refractivity contribution < 1.29 is 4.79 Å². The highest BCUT2D eigenvalue weighted by Crippen LogP contribution is 2.44. The van der Waals surface area contributed by atoms with Crippen LogP contribution in [0.1, 0.15) is 37.7 Å². The molecular weight excluding hydrogens is 304 g/mol. The first-order valence-corrected chi connectivity index (χ1v) is 7.73. The molecule has 0 atom stereocenters. The summed E-state index contributed by atoms with van der Waals surface area (Å²) < 4.78 is 1.05. The Bertz CT molecular complexity index is 426. The van der Waals surface area contributed by atoms with Gasteiger partial charge in [-0.3, -0.25) is 4.79 Å². The van der Waals surface area contributed by atoms with Gasteiger partial charge < -0.3 is 11.1 Å². The smallest absolute Gasteiger partial charge is 0.230 e. The standard InChI is InChI=1S/C15H21BrN2O/c16-13-6-4-12(5-7-13)15(8-3-9-15)14(19)18-11-2-1-10-17/h4-7H,1-3,8-11,17H2,(H,18,19). The average Bonchev–Trinajstić information content (AvgIpc) is 2.36. The van der Waals surface area contributed by atoms with E-state index >= 15 is 0 Å². The molecule has 3 nitrogen and oxygen atoms in total. The van der Waals surface area contributed by atoms with Crippen LogP contribution in [0.2, 0.25) is 0 Å². The van der Waals surface area contributed by atoms with Gasteiger partial charge in [-0.1, -0.05) is 34.5 Å². The summed E-state index contributed by atoms with van der Waals surface area (Å²) in [6.07, 6.45) is 4.96. The lowest BCUT2D eigenvalue weighted by Gasteiger charge is -2.40. The molecular formula is C15H21BrN2O. The van der Waals surface area contributed by atoms with E-state index < -0.39 is 0 Å². The minimum atomic E-state index is -0.288. The number of amides is 1. The minimum Gasteiger partial charge on any atom is -0.355 e. The lowest BCUT2D eigenvalue weighted by Crippen LogP contribution is -2.49. The van der Waals surface area contributed by atoms with Crippen LogP contribution in [0.5, 0.6) is 0 Å². The van der Waals surface area contributed by atoms with E-state index in [4.69, 9.17) is 5.73 Å². The Hall–Kier alpha value is -0.870. The van der Waals surface area contributed by atoms with Crippen molar-refractivity contribution in [3.63, 3.8) is 0 Å². The highest BCUT2D eigenvalue weighted by molar-refractivity contribution is 9.10. The number of rotatable bonds is 6. The molecule has 2 rings (SSSR count). The van der Waals surface area contributed by atoms with E-state index in [0.717, 1.165) is 48.7 Å². The minimum absolute atomic E-state index is 0.179. The van der Waals surface area contributed by atoms with E-state index in [9.17, 15) is 4.79 Å². The summed E-state index contributed by atoms with van der Waals surface area (Å²) in [5.41, 5.74) is 6.31. The summed E-state index contributed by atoms with van der Waals surface area (Å²) >= 11 is 3.44. The Kier molecular flexibility index (Phi) is 4.99. The lowest BCUT2D eigenvalue weighted by molar-refractivity contribution is -0.129. The molecule has 0 aliphatic heterocycles. The van der Waals surface area contributed by atoms with Crippen LogP contribution in [-0.2, 0) is 10.2 Å². The molecule has 0 bridgehead atoms. The Morgan fingerprint density at radius 1 is 1.26 bits per heavy atom. The van der Waals surface area contributed by atoms with Crippen LogP contribution < -0.4 is 11.1 Å². The van der Waals surface area contributed by atoms with Gasteiger partial charge in [0.2, 0.25) is 5.91 Å². The van der Waals surface area contributed by atoms with Crippen molar-refractivity contribution >= 4 is 21.8 Å². The summed E-state index contributed by atoms with van der Waals surface area (Å²) in [5.74, 6) is 0.179. The van der Waals surface area contributed by atoms with Crippen molar-refractivity contribution in [1.82, 2.24) is 5.32 Å². The molecule has 0 radical (unpaired) electrons. The van der Waals surface area contributed by atoms with Crippen molar-refractivity contribution in [3.05, 3.63) is 34.3 Å². The van der Waals surface area contributed by atoms with Crippen LogP contribution >= 0.6 is 15.9 Å². The van der Waals surface area contributed by atoms with Crippen LogP contribution in [0.3, 0.4) is 0 Å². The fourth-order valence-corrected chi connectivity index (χ4v) is 2.85. The highest BCUT2D eigenvalue weighted by atomic mass is 79.9. The maximum Gasteiger partial charge on any atom is 0.230 e. The van der Waals surface area contributed by atoms with Crippen molar-refractivity contribution in [1.29, 1.82) is 0 Å². The van der Waals surface area contributed by atoms with Crippen LogP contribution in [0, 0.1) is 0 Å². The number of hydrogen-bond donors (Lipinski definition) is 2. The van der Waals surface area contributed by atoms with E-state index in [2.05, 4.69) is 33.4 Å². The first kappa shape index (κ1) is 14.5. The molecule has 1 aromatic carbocycles. The fourth-order valence-electron chi connectivity index (χ4n) is 2.59. The largest absolute Gasteiger partial charge is 0.355 e. The molecule has 0 spiro atoms. The van der Waals surface area contributed by atoms with E-state index in [1.807, 2.05) is 12.1 Å². The highest BCUT2D eigenvalue weighted by Gasteiger charge is 2.45. The van der Waals surface area contributed by atoms with Gasteiger partial charge in [-0.15, -0.1) is 0 Å². The Morgan fingerprint density at radius 3 is 2.47 bits per heavy atom. The first-order chi connectivity index (χ1) is 9.19. The monoisotopic (exact) mass is 324 g/mol. The SMILES string of the molecule is NCCCCNC(=O)C1(c2ccc(Br)cc2)CCC1. The molecule has 0 aromatic heterocycles. The summed E-state index contributed by atoms with van der Waals surface area (Å²) in [6, 6.07) is 8.14. The van der Waals surface area contributed by atoms with Crippen molar-refractivity contribution in [2.24, 2.45) is 5.73 Å². The quantitative estimate of drug-likeness (QED) is 0.790. The number of nitrogens with one attached hydrogen (secondary N) is 1. The van der Waals surface area contributed by atoms with Gasteiger partial charge in [0.15, 0.2) is 0 Å². The van der Waals surface area contributed by atoms with Gasteiger partial charge in [0.05, 0.1) is 5.41 Å². The second-order valence-electron chi connectivity index (χ2n) is 5.19. The topological polar surface area (TPSA) is 55.1 Å². The maximum atomic E-state index is 12.4. The zero-order valence-electron chi connectivity index (χ0n) is 11.1. The van der Waals surface area contributed by atoms with Gasteiger partial charge in [0.1, 0.15) is 0 Å². The fraction of sp³-hybridized carbons (Fsp3) is 0.533. The molecule has 3 N–H and O–H groups in total. The van der Waals surface area contributed by atoms with E-state index in [-0.39, 0.29) is 11.3 Å². The molecule has 4 heteroatoms. The zero-order chi connectivity index (χ0) is 13.7. The Labute approximate surface area is 123 Å². The number of nitrogens with two attached hydrogens (primary N) is 1. The summed E-state index contributed by atoms with van der Waals surface area (Å²) in [7, 11) is 0. The second-order valence-corrected chi connectivity index (χ2v) is 6.11. The first-order valence-electron chi connectivity index (χ1n) is 6.93. The van der Waals surface area contributed by atoms with Gasteiger partial charge in [0, 0.05) is 11.0 Å². The van der Waals surface area contributed by atoms with Gasteiger partial charge in [-0.05, 0) is 49.9 Å². The van der Waals surface area contributed by atoms with Gasteiger partial charge in [-0.25, -0.2) is 0 Å². The molecule has 104 valence electrons. The third kappa shape index (κ3) is 3.18. The van der Waals surface area contributed by atoms with Crippen LogP contribution in [0.15, 0.2) is 28.7 Å². The van der Waals surface area contributed by atoms with E-state index in [1.54, 1.807) is 0 Å². The summed E-state index contributed by atoms with van der Waals surface area (Å²) in [4.78, 5) is 12.4. The second kappa shape index (κ2) is 6.53. The molecule has 1 aromatic rings. The number of hydrogen-bond acceptors (Lipinski definition) is 2. The van der Waals surface area contributed by atoms with Gasteiger partial charge in [-0.2, -0.15) is 0 Å². The molecule has 0 unspecified atom stereocenters. The van der Waals surface area contributed by atoms with Gasteiger partial charge in [0.25, 0.3) is 0 Å². The van der Waals surface area contributed by atoms with Gasteiger partial charge >= 0.3 is 0 Å². The predicted octanol–water partition coefficient (Wildman–Crippen LogP) is 2.73. The predicted molar refractivity (Wildman–Crippen MR) is 81.0 cm³/mol. The van der Waals surface area contributed by atoms with Crippen molar-refractivity contribution in [2.45, 2.75) is 37.5 Å². The molecule has 19 heavy (non-hydrogen) atoms. The average molecular weight is 325 g/mol. The lowest BCUT2D eigenvalue weighted by atomic mass is 9.64. The molecule has 1 aliphatic carbocycles. The van der Waals surface area contributed by atoms with Crippen LogP contribution in [0.4, 0.5) is 0 Å². The number of carbonyl (C=O) groups excluding carboxylic acids is 1. The van der Waals surface area contributed by atoms with Crippen molar-refractivity contribution in [2.75, 3.05) is 13.1 Å². The van der Waals surface area contributed by atoms with Crippen LogP contribution in [0.25, 0.3) is 0 Å². The number of carbonyl (C=O) groups is 1. The molecule has 1 fully saturated rings. The maximum absolute atomic E-state index is 12.4. The molecule has 1 amide bonds. The van der Waals surface area contributed by atoms with E-state index in [0.29, 0.717) is 6.54 Å². The molecule has 1 saturated carbocycles. The Morgan fingerprint density at radius 2 is 1.95 bits per heavy atom. The Balaban J connectivity index is 2.01. The molecule has 0 heterocycles. The summed E-state index contributed by atoms with van der Waals surface area (Å²) in [6.45, 7) is 1.42. The van der Waals surface area contributed by atoms with Crippen molar-refractivity contribution in [3.8, 4) is 0 Å². The van der Waals surface area contributed by atoms with E-state index in [1.165, 1.54) is 0 Å². The third-order valence-corrected chi connectivity index (χ3v) is 4.48. The number of unbranched alkanes of at least 4 members (excludes halogenated alkanes) is 1.